The first-order valence-corrected chi connectivity index (χ1v) is 6.79. The van der Waals surface area contributed by atoms with Crippen LogP contribution in [0.1, 0.15) is 19.8 Å². The van der Waals surface area contributed by atoms with E-state index in [1.807, 2.05) is 18.9 Å². The first-order chi connectivity index (χ1) is 8.50. The third-order valence-electron chi connectivity index (χ3n) is 4.12. The van der Waals surface area contributed by atoms with Crippen LogP contribution in [0.3, 0.4) is 0 Å². The number of amides is 1. The van der Waals surface area contributed by atoms with Gasteiger partial charge in [0.1, 0.15) is 6.61 Å². The molecule has 0 bridgehead atoms. The molecule has 1 N–H and O–H groups in total. The lowest BCUT2D eigenvalue weighted by Gasteiger charge is -2.39. The molecule has 0 aliphatic carbocycles. The summed E-state index contributed by atoms with van der Waals surface area (Å²) in [7, 11) is 4.01. The molecular weight excluding hydrogens is 230 g/mol. The highest BCUT2D eigenvalue weighted by Gasteiger charge is 2.33. The van der Waals surface area contributed by atoms with Gasteiger partial charge in [-0.25, -0.2) is 0 Å². The van der Waals surface area contributed by atoms with Crippen LogP contribution in [-0.2, 0) is 9.53 Å². The van der Waals surface area contributed by atoms with Crippen LogP contribution in [0.5, 0.6) is 0 Å². The molecule has 0 radical (unpaired) electrons. The molecule has 2 aliphatic heterocycles. The molecule has 0 spiro atoms. The van der Waals surface area contributed by atoms with Crippen LogP contribution in [0.4, 0.5) is 0 Å². The van der Waals surface area contributed by atoms with Gasteiger partial charge >= 0.3 is 0 Å². The zero-order chi connectivity index (χ0) is 13.2. The third kappa shape index (κ3) is 3.22. The van der Waals surface area contributed by atoms with Gasteiger partial charge in [0.05, 0.1) is 5.60 Å². The minimum Gasteiger partial charge on any atom is -0.363 e. The normalized spacial score (nSPS) is 26.9. The van der Waals surface area contributed by atoms with Crippen LogP contribution in [0.25, 0.3) is 0 Å². The maximum absolute atomic E-state index is 12.0. The predicted molar refractivity (Wildman–Crippen MR) is 70.5 cm³/mol. The van der Waals surface area contributed by atoms with Crippen LogP contribution >= 0.6 is 0 Å². The monoisotopic (exact) mass is 255 g/mol. The van der Waals surface area contributed by atoms with Gasteiger partial charge in [-0.15, -0.1) is 0 Å². The van der Waals surface area contributed by atoms with E-state index >= 15 is 0 Å². The van der Waals surface area contributed by atoms with Crippen molar-refractivity contribution < 1.29 is 9.53 Å². The third-order valence-corrected chi connectivity index (χ3v) is 4.12. The number of ether oxygens (including phenoxy) is 1. The second kappa shape index (κ2) is 5.55. The van der Waals surface area contributed by atoms with Crippen LogP contribution < -0.4 is 5.32 Å². The predicted octanol–water partition coefficient (Wildman–Crippen LogP) is -0.0825. The van der Waals surface area contributed by atoms with E-state index in [2.05, 4.69) is 17.3 Å². The summed E-state index contributed by atoms with van der Waals surface area (Å²) < 4.78 is 5.67. The van der Waals surface area contributed by atoms with Gasteiger partial charge in [0.15, 0.2) is 0 Å². The van der Waals surface area contributed by atoms with Gasteiger partial charge in [-0.2, -0.15) is 0 Å². The van der Waals surface area contributed by atoms with Gasteiger partial charge in [-0.1, -0.05) is 0 Å². The van der Waals surface area contributed by atoms with Crippen molar-refractivity contribution >= 4 is 5.91 Å². The van der Waals surface area contributed by atoms with E-state index in [9.17, 15) is 4.79 Å². The maximum atomic E-state index is 12.0. The van der Waals surface area contributed by atoms with Crippen molar-refractivity contribution in [1.29, 1.82) is 0 Å². The molecule has 1 atom stereocenters. The van der Waals surface area contributed by atoms with Crippen LogP contribution in [0.2, 0.25) is 0 Å². The molecule has 1 amide bonds. The van der Waals surface area contributed by atoms with E-state index < -0.39 is 0 Å². The Labute approximate surface area is 109 Å². The van der Waals surface area contributed by atoms with E-state index in [0.717, 1.165) is 26.2 Å². The SMILES string of the molecule is CN(CC1CCCN1C)C(=O)COC1(C)CNC1. The standard InChI is InChI=1S/C13H25N3O2/c1-13(9-14-10-13)18-8-12(17)16(3)7-11-5-4-6-15(11)2/h11,14H,4-10H2,1-3H3. The first-order valence-electron chi connectivity index (χ1n) is 6.79. The molecule has 2 aliphatic rings. The molecule has 2 saturated heterocycles. The van der Waals surface area contributed by atoms with Crippen molar-refractivity contribution in [2.75, 3.05) is 46.9 Å². The summed E-state index contributed by atoms with van der Waals surface area (Å²) in [5, 5.41) is 3.16. The number of likely N-dealkylation sites (tertiary alicyclic amines) is 1. The van der Waals surface area contributed by atoms with E-state index in [-0.39, 0.29) is 18.1 Å². The molecule has 2 fully saturated rings. The van der Waals surface area contributed by atoms with Crippen LogP contribution in [-0.4, -0.2) is 74.2 Å². The molecule has 1 unspecified atom stereocenters. The van der Waals surface area contributed by atoms with Crippen LogP contribution in [0, 0.1) is 0 Å². The zero-order valence-electron chi connectivity index (χ0n) is 11.7. The molecule has 0 aromatic heterocycles. The molecular formula is C13H25N3O2. The fourth-order valence-electron chi connectivity index (χ4n) is 2.55. The van der Waals surface area contributed by atoms with Crippen molar-refractivity contribution in [2.24, 2.45) is 0 Å². The van der Waals surface area contributed by atoms with Gasteiger partial charge < -0.3 is 19.9 Å². The molecule has 5 heteroatoms. The summed E-state index contributed by atoms with van der Waals surface area (Å²) in [5.74, 6) is 0.0865. The highest BCUT2D eigenvalue weighted by atomic mass is 16.5. The number of hydrogen-bond acceptors (Lipinski definition) is 4. The van der Waals surface area contributed by atoms with Gasteiger partial charge in [0.25, 0.3) is 0 Å². The molecule has 2 rings (SSSR count). The quantitative estimate of drug-likeness (QED) is 0.746. The number of nitrogens with one attached hydrogen (secondary N) is 1. The lowest BCUT2D eigenvalue weighted by Crippen LogP contribution is -2.59. The lowest BCUT2D eigenvalue weighted by atomic mass is 10.0. The van der Waals surface area contributed by atoms with E-state index in [1.54, 1.807) is 0 Å². The topological polar surface area (TPSA) is 44.8 Å². The average molecular weight is 255 g/mol. The average Bonchev–Trinajstić information content (AvgIpc) is 2.69. The molecule has 0 aromatic carbocycles. The number of carbonyl (C=O) groups excluding carboxylic acids is 1. The first kappa shape index (κ1) is 13.8. The number of nitrogens with zero attached hydrogens (tertiary/aromatic N) is 2. The summed E-state index contributed by atoms with van der Waals surface area (Å²) in [6, 6.07) is 0.514. The van der Waals surface area contributed by atoms with E-state index in [0.29, 0.717) is 6.04 Å². The minimum absolute atomic E-state index is 0.0865. The van der Waals surface area contributed by atoms with Gasteiger partial charge in [0.2, 0.25) is 5.91 Å². The second-order valence-corrected chi connectivity index (χ2v) is 5.89. The van der Waals surface area contributed by atoms with Gasteiger partial charge in [0, 0.05) is 32.7 Å². The Morgan fingerprint density at radius 3 is 2.78 bits per heavy atom. The summed E-state index contributed by atoms with van der Waals surface area (Å²) >= 11 is 0. The van der Waals surface area contributed by atoms with Crippen molar-refractivity contribution in [2.45, 2.75) is 31.4 Å². The Morgan fingerprint density at radius 1 is 1.56 bits per heavy atom. The van der Waals surface area contributed by atoms with Crippen molar-refractivity contribution in [3.05, 3.63) is 0 Å². The summed E-state index contributed by atoms with van der Waals surface area (Å²) in [5.41, 5.74) is -0.138. The molecule has 18 heavy (non-hydrogen) atoms. The highest BCUT2D eigenvalue weighted by molar-refractivity contribution is 5.77. The van der Waals surface area contributed by atoms with Gasteiger partial charge in [-0.3, -0.25) is 4.79 Å². The summed E-state index contributed by atoms with van der Waals surface area (Å²) in [4.78, 5) is 16.1. The number of hydrogen-bond donors (Lipinski definition) is 1. The summed E-state index contributed by atoms with van der Waals surface area (Å²) in [6.45, 7) is 5.89. The van der Waals surface area contributed by atoms with Crippen molar-refractivity contribution in [3.63, 3.8) is 0 Å². The van der Waals surface area contributed by atoms with Crippen molar-refractivity contribution in [1.82, 2.24) is 15.1 Å². The fraction of sp³-hybridized carbons (Fsp3) is 0.923. The number of likely N-dealkylation sites (N-methyl/N-ethyl adjacent to an activating group) is 2. The van der Waals surface area contributed by atoms with E-state index in [1.165, 1.54) is 12.8 Å². The Kier molecular flexibility index (Phi) is 4.25. The van der Waals surface area contributed by atoms with Gasteiger partial charge in [-0.05, 0) is 33.4 Å². The van der Waals surface area contributed by atoms with Crippen molar-refractivity contribution in [3.8, 4) is 0 Å². The molecule has 0 aromatic rings. The summed E-state index contributed by atoms with van der Waals surface area (Å²) in [6.07, 6.45) is 2.43. The Morgan fingerprint density at radius 2 is 2.28 bits per heavy atom. The Balaban J connectivity index is 1.71. The smallest absolute Gasteiger partial charge is 0.248 e. The van der Waals surface area contributed by atoms with Crippen LogP contribution in [0.15, 0.2) is 0 Å². The lowest BCUT2D eigenvalue weighted by molar-refractivity contribution is -0.145. The second-order valence-electron chi connectivity index (χ2n) is 5.89. The molecule has 0 saturated carbocycles. The molecule has 2 heterocycles. The Hall–Kier alpha value is -0.650. The maximum Gasteiger partial charge on any atom is 0.248 e. The number of rotatable bonds is 5. The molecule has 104 valence electrons. The largest absolute Gasteiger partial charge is 0.363 e. The number of carbonyl (C=O) groups is 1. The zero-order valence-corrected chi connectivity index (χ0v) is 11.7. The minimum atomic E-state index is -0.138. The Bertz CT molecular complexity index is 305. The van der Waals surface area contributed by atoms with E-state index in [4.69, 9.17) is 4.74 Å². The highest BCUT2D eigenvalue weighted by Crippen LogP contribution is 2.17. The molecule has 5 nitrogen and oxygen atoms in total. The fourth-order valence-corrected chi connectivity index (χ4v) is 2.55.